The van der Waals surface area contributed by atoms with Crippen LogP contribution in [-0.2, 0) is 4.79 Å². The molecule has 1 aliphatic carbocycles. The highest BCUT2D eigenvalue weighted by Gasteiger charge is 2.45. The first kappa shape index (κ1) is 14.6. The second kappa shape index (κ2) is 5.84. The van der Waals surface area contributed by atoms with Gasteiger partial charge in [-0.3, -0.25) is 4.79 Å². The minimum Gasteiger partial charge on any atom is -0.491 e. The van der Waals surface area contributed by atoms with Crippen molar-refractivity contribution in [2.24, 2.45) is 5.92 Å². The van der Waals surface area contributed by atoms with Crippen molar-refractivity contribution in [2.75, 3.05) is 0 Å². The Bertz CT molecular complexity index is 676. The standard InChI is InChI=1S/C19H20O3/c1-12(2)22-18-9-8-14(13-6-4-3-5-7-13)10-16(18)15-11-17(15)19(20)21/h3-10,12,15,17H,11H2,1-2H3,(H,20,21). The lowest BCUT2D eigenvalue weighted by Crippen LogP contribution is -2.08. The number of rotatable bonds is 5. The zero-order valence-electron chi connectivity index (χ0n) is 12.8. The highest BCUT2D eigenvalue weighted by Crippen LogP contribution is 2.51. The Hall–Kier alpha value is -2.29. The van der Waals surface area contributed by atoms with Crippen LogP contribution in [0.2, 0.25) is 0 Å². The summed E-state index contributed by atoms with van der Waals surface area (Å²) in [5, 5.41) is 9.20. The first-order chi connectivity index (χ1) is 10.6. The molecule has 0 spiro atoms. The minimum atomic E-state index is -0.717. The first-order valence-electron chi connectivity index (χ1n) is 7.65. The quantitative estimate of drug-likeness (QED) is 0.893. The summed E-state index contributed by atoms with van der Waals surface area (Å²) in [6.45, 7) is 3.97. The number of hydrogen-bond donors (Lipinski definition) is 1. The molecule has 2 atom stereocenters. The Labute approximate surface area is 130 Å². The predicted molar refractivity (Wildman–Crippen MR) is 86.1 cm³/mol. The third-order valence-electron chi connectivity index (χ3n) is 3.99. The molecule has 1 aliphatic rings. The fourth-order valence-corrected chi connectivity index (χ4v) is 2.82. The number of carboxylic acids is 1. The van der Waals surface area contributed by atoms with E-state index >= 15 is 0 Å². The summed E-state index contributed by atoms with van der Waals surface area (Å²) < 4.78 is 5.87. The topological polar surface area (TPSA) is 46.5 Å². The fraction of sp³-hybridized carbons (Fsp3) is 0.316. The molecular weight excluding hydrogens is 276 g/mol. The maximum atomic E-state index is 11.2. The molecule has 0 heterocycles. The van der Waals surface area contributed by atoms with Crippen LogP contribution in [0.1, 0.15) is 31.7 Å². The van der Waals surface area contributed by atoms with Crippen molar-refractivity contribution in [1.29, 1.82) is 0 Å². The second-order valence-corrected chi connectivity index (χ2v) is 6.07. The molecule has 1 fully saturated rings. The van der Waals surface area contributed by atoms with Crippen molar-refractivity contribution in [3.63, 3.8) is 0 Å². The van der Waals surface area contributed by atoms with Gasteiger partial charge in [0, 0.05) is 5.92 Å². The van der Waals surface area contributed by atoms with Gasteiger partial charge in [-0.1, -0.05) is 36.4 Å². The van der Waals surface area contributed by atoms with E-state index in [4.69, 9.17) is 4.74 Å². The van der Waals surface area contributed by atoms with Gasteiger partial charge >= 0.3 is 5.97 Å². The van der Waals surface area contributed by atoms with Crippen molar-refractivity contribution in [1.82, 2.24) is 0 Å². The SMILES string of the molecule is CC(C)Oc1ccc(-c2ccccc2)cc1C1CC1C(=O)O. The number of benzene rings is 2. The molecule has 1 N–H and O–H groups in total. The third kappa shape index (κ3) is 2.98. The summed E-state index contributed by atoms with van der Waals surface area (Å²) in [7, 11) is 0. The summed E-state index contributed by atoms with van der Waals surface area (Å²) >= 11 is 0. The van der Waals surface area contributed by atoms with Gasteiger partial charge in [0.15, 0.2) is 0 Å². The largest absolute Gasteiger partial charge is 0.491 e. The Morgan fingerprint density at radius 3 is 2.45 bits per heavy atom. The van der Waals surface area contributed by atoms with E-state index in [-0.39, 0.29) is 17.9 Å². The maximum Gasteiger partial charge on any atom is 0.307 e. The lowest BCUT2D eigenvalue weighted by atomic mass is 9.99. The van der Waals surface area contributed by atoms with Gasteiger partial charge in [0.2, 0.25) is 0 Å². The van der Waals surface area contributed by atoms with E-state index in [9.17, 15) is 9.90 Å². The normalized spacial score (nSPS) is 20.0. The lowest BCUT2D eigenvalue weighted by Gasteiger charge is -2.15. The smallest absolute Gasteiger partial charge is 0.307 e. The summed E-state index contributed by atoms with van der Waals surface area (Å²) in [6, 6.07) is 16.2. The van der Waals surface area contributed by atoms with Crippen LogP contribution >= 0.6 is 0 Å². The van der Waals surface area contributed by atoms with Crippen molar-refractivity contribution in [2.45, 2.75) is 32.3 Å². The van der Waals surface area contributed by atoms with Gasteiger partial charge in [-0.25, -0.2) is 0 Å². The highest BCUT2D eigenvalue weighted by molar-refractivity contribution is 5.76. The number of ether oxygens (including phenoxy) is 1. The Balaban J connectivity index is 1.98. The fourth-order valence-electron chi connectivity index (χ4n) is 2.82. The van der Waals surface area contributed by atoms with Crippen molar-refractivity contribution >= 4 is 5.97 Å². The highest BCUT2D eigenvalue weighted by atomic mass is 16.5. The van der Waals surface area contributed by atoms with E-state index in [1.807, 2.05) is 44.2 Å². The van der Waals surface area contributed by atoms with Gasteiger partial charge in [-0.2, -0.15) is 0 Å². The Kier molecular flexibility index (Phi) is 3.88. The number of carboxylic acid groups (broad SMARTS) is 1. The average Bonchev–Trinajstić information content (AvgIpc) is 3.28. The van der Waals surface area contributed by atoms with Gasteiger partial charge in [-0.05, 0) is 49.1 Å². The average molecular weight is 296 g/mol. The zero-order chi connectivity index (χ0) is 15.7. The molecule has 0 bridgehead atoms. The molecule has 0 saturated heterocycles. The van der Waals surface area contributed by atoms with E-state index in [1.54, 1.807) is 0 Å². The molecule has 22 heavy (non-hydrogen) atoms. The van der Waals surface area contributed by atoms with E-state index in [0.717, 1.165) is 22.4 Å². The summed E-state index contributed by atoms with van der Waals surface area (Å²) in [4.78, 5) is 11.2. The van der Waals surface area contributed by atoms with Gasteiger partial charge < -0.3 is 9.84 Å². The molecule has 0 aromatic heterocycles. The molecule has 2 aromatic carbocycles. The minimum absolute atomic E-state index is 0.0647. The van der Waals surface area contributed by atoms with Gasteiger partial charge in [0.1, 0.15) is 5.75 Å². The summed E-state index contributed by atoms with van der Waals surface area (Å²) in [5.41, 5.74) is 3.25. The molecule has 3 nitrogen and oxygen atoms in total. The van der Waals surface area contributed by atoms with Gasteiger partial charge in [0.05, 0.1) is 12.0 Å². The Morgan fingerprint density at radius 1 is 1.14 bits per heavy atom. The van der Waals surface area contributed by atoms with Crippen LogP contribution in [0.25, 0.3) is 11.1 Å². The van der Waals surface area contributed by atoms with E-state index < -0.39 is 5.97 Å². The van der Waals surface area contributed by atoms with Crippen LogP contribution in [0.5, 0.6) is 5.75 Å². The molecule has 3 heteroatoms. The van der Waals surface area contributed by atoms with Crippen LogP contribution in [0, 0.1) is 5.92 Å². The third-order valence-corrected chi connectivity index (χ3v) is 3.99. The van der Waals surface area contributed by atoms with Crippen LogP contribution in [0.15, 0.2) is 48.5 Å². The Morgan fingerprint density at radius 2 is 1.86 bits per heavy atom. The van der Waals surface area contributed by atoms with Crippen LogP contribution < -0.4 is 4.74 Å². The zero-order valence-corrected chi connectivity index (χ0v) is 12.8. The van der Waals surface area contributed by atoms with Crippen LogP contribution in [0.4, 0.5) is 0 Å². The number of carbonyl (C=O) groups is 1. The first-order valence-corrected chi connectivity index (χ1v) is 7.65. The lowest BCUT2D eigenvalue weighted by molar-refractivity contribution is -0.138. The molecule has 2 unspecified atom stereocenters. The molecule has 3 rings (SSSR count). The number of hydrogen-bond acceptors (Lipinski definition) is 2. The molecular formula is C19H20O3. The molecule has 2 aromatic rings. The molecule has 0 radical (unpaired) electrons. The molecule has 0 aliphatic heterocycles. The molecule has 0 amide bonds. The van der Waals surface area contributed by atoms with Crippen LogP contribution in [-0.4, -0.2) is 17.2 Å². The van der Waals surface area contributed by atoms with Crippen molar-refractivity contribution in [3.8, 4) is 16.9 Å². The molecule has 1 saturated carbocycles. The van der Waals surface area contributed by atoms with E-state index in [2.05, 4.69) is 18.2 Å². The van der Waals surface area contributed by atoms with Crippen LogP contribution in [0.3, 0.4) is 0 Å². The number of aliphatic carboxylic acids is 1. The molecule has 114 valence electrons. The van der Waals surface area contributed by atoms with Crippen molar-refractivity contribution < 1.29 is 14.6 Å². The monoisotopic (exact) mass is 296 g/mol. The van der Waals surface area contributed by atoms with E-state index in [1.165, 1.54) is 0 Å². The predicted octanol–water partition coefficient (Wildman–Crippen LogP) is 4.33. The summed E-state index contributed by atoms with van der Waals surface area (Å²) in [5.74, 6) is -0.121. The maximum absolute atomic E-state index is 11.2. The van der Waals surface area contributed by atoms with Gasteiger partial charge in [-0.15, -0.1) is 0 Å². The van der Waals surface area contributed by atoms with Crippen molar-refractivity contribution in [3.05, 3.63) is 54.1 Å². The summed E-state index contributed by atoms with van der Waals surface area (Å²) in [6.07, 6.45) is 0.769. The van der Waals surface area contributed by atoms with Gasteiger partial charge in [0.25, 0.3) is 0 Å². The van der Waals surface area contributed by atoms with E-state index in [0.29, 0.717) is 6.42 Å². The second-order valence-electron chi connectivity index (χ2n) is 6.07.